The van der Waals surface area contributed by atoms with E-state index < -0.39 is 13.0 Å². The third-order valence-corrected chi connectivity index (χ3v) is 6.82. The first-order valence-electron chi connectivity index (χ1n) is 11.8. The Balaban J connectivity index is 1.60. The van der Waals surface area contributed by atoms with E-state index in [2.05, 4.69) is 12.2 Å². The van der Waals surface area contributed by atoms with Gasteiger partial charge in [-0.05, 0) is 52.7 Å². The molecule has 36 heavy (non-hydrogen) atoms. The number of anilines is 1. The summed E-state index contributed by atoms with van der Waals surface area (Å²) < 4.78 is 5.62. The second-order valence-corrected chi connectivity index (χ2v) is 9.16. The maximum atomic E-state index is 12.0. The largest absolute Gasteiger partial charge is 0.494 e. The standard InChI is InChI=1S/C27H27BN4O4/c1-15-12-21-18(8-4-9-19(21)25(29)33)23(15)27-31-24-20(10-5-11-22(24)36-2)26(32-27)30-14-16-6-3-7-17(13-16)28(34)35/h3-11,13,15,23,34-35H,12,14H2,1-2H3,(H2,29,33)(H,30,31,32). The number of nitrogens with zero attached hydrogens (tertiary/aromatic N) is 2. The van der Waals surface area contributed by atoms with Gasteiger partial charge in [0, 0.05) is 23.4 Å². The van der Waals surface area contributed by atoms with Crippen molar-refractivity contribution in [1.29, 1.82) is 0 Å². The van der Waals surface area contributed by atoms with Crippen LogP contribution in [0.4, 0.5) is 5.82 Å². The van der Waals surface area contributed by atoms with E-state index in [4.69, 9.17) is 20.4 Å². The summed E-state index contributed by atoms with van der Waals surface area (Å²) in [5, 5.41) is 23.3. The molecule has 8 nitrogen and oxygen atoms in total. The molecule has 0 saturated carbocycles. The van der Waals surface area contributed by atoms with Crippen LogP contribution in [-0.4, -0.2) is 40.2 Å². The van der Waals surface area contributed by atoms with E-state index in [9.17, 15) is 14.8 Å². The molecule has 0 bridgehead atoms. The van der Waals surface area contributed by atoms with Crippen molar-refractivity contribution in [3.8, 4) is 5.75 Å². The molecule has 1 heterocycles. The van der Waals surface area contributed by atoms with E-state index in [1.165, 1.54) is 0 Å². The first kappa shape index (κ1) is 23.8. The summed E-state index contributed by atoms with van der Waals surface area (Å²) in [6.45, 7) is 2.55. The number of fused-ring (bicyclic) bond motifs is 2. The molecule has 182 valence electrons. The minimum absolute atomic E-state index is 0.109. The number of nitrogens with one attached hydrogen (secondary N) is 1. The van der Waals surface area contributed by atoms with Crippen LogP contribution in [0, 0.1) is 5.92 Å². The van der Waals surface area contributed by atoms with Gasteiger partial charge in [0.05, 0.1) is 7.11 Å². The fraction of sp³-hybridized carbons (Fsp3) is 0.222. The molecule has 9 heteroatoms. The zero-order valence-electron chi connectivity index (χ0n) is 20.1. The van der Waals surface area contributed by atoms with Crippen LogP contribution < -0.4 is 21.3 Å². The van der Waals surface area contributed by atoms with Gasteiger partial charge in [0.25, 0.3) is 0 Å². The molecule has 0 aliphatic heterocycles. The second kappa shape index (κ2) is 9.60. The van der Waals surface area contributed by atoms with Gasteiger partial charge in [0.2, 0.25) is 5.91 Å². The van der Waals surface area contributed by atoms with Gasteiger partial charge in [-0.3, -0.25) is 4.79 Å². The Morgan fingerprint density at radius 2 is 1.92 bits per heavy atom. The van der Waals surface area contributed by atoms with Gasteiger partial charge in [-0.2, -0.15) is 0 Å². The minimum atomic E-state index is -1.53. The van der Waals surface area contributed by atoms with Crippen molar-refractivity contribution in [2.45, 2.75) is 25.8 Å². The molecule has 2 unspecified atom stereocenters. The van der Waals surface area contributed by atoms with Gasteiger partial charge in [-0.1, -0.05) is 49.4 Å². The topological polar surface area (TPSA) is 131 Å². The number of methoxy groups -OCH3 is 1. The van der Waals surface area contributed by atoms with E-state index in [-0.39, 0.29) is 11.8 Å². The summed E-state index contributed by atoms with van der Waals surface area (Å²) in [4.78, 5) is 22.0. The van der Waals surface area contributed by atoms with E-state index in [1.54, 1.807) is 31.4 Å². The summed E-state index contributed by atoms with van der Waals surface area (Å²) in [6, 6.07) is 18.4. The van der Waals surface area contributed by atoms with E-state index in [0.717, 1.165) is 22.1 Å². The average Bonchev–Trinajstić information content (AvgIpc) is 3.22. The SMILES string of the molecule is COc1cccc2c(NCc3cccc(B(O)O)c3)nc(C3c4cccc(C(N)=O)c4CC3C)nc12. The first-order chi connectivity index (χ1) is 17.4. The lowest BCUT2D eigenvalue weighted by Gasteiger charge is -2.19. The highest BCUT2D eigenvalue weighted by molar-refractivity contribution is 6.58. The fourth-order valence-corrected chi connectivity index (χ4v) is 5.13. The lowest BCUT2D eigenvalue weighted by molar-refractivity contribution is 0.0999. The third-order valence-electron chi connectivity index (χ3n) is 6.82. The lowest BCUT2D eigenvalue weighted by Crippen LogP contribution is -2.30. The van der Waals surface area contributed by atoms with E-state index in [1.807, 2.05) is 36.4 Å². The Morgan fingerprint density at radius 3 is 2.67 bits per heavy atom. The Kier molecular flexibility index (Phi) is 6.34. The van der Waals surface area contributed by atoms with Crippen molar-refractivity contribution in [3.63, 3.8) is 0 Å². The zero-order valence-corrected chi connectivity index (χ0v) is 20.1. The number of carbonyl (C=O) groups is 1. The zero-order chi connectivity index (χ0) is 25.4. The van der Waals surface area contributed by atoms with Crippen LogP contribution in [0.25, 0.3) is 10.9 Å². The number of amides is 1. The van der Waals surface area contributed by atoms with Crippen LogP contribution in [0.5, 0.6) is 5.75 Å². The number of hydrogen-bond donors (Lipinski definition) is 4. The van der Waals surface area contributed by atoms with Gasteiger partial charge >= 0.3 is 7.12 Å². The Morgan fingerprint density at radius 1 is 1.14 bits per heavy atom. The molecule has 3 aromatic carbocycles. The predicted octanol–water partition coefficient (Wildman–Crippen LogP) is 2.35. The van der Waals surface area contributed by atoms with E-state index >= 15 is 0 Å². The van der Waals surface area contributed by atoms with Crippen molar-refractivity contribution < 1.29 is 19.6 Å². The maximum Gasteiger partial charge on any atom is 0.488 e. The first-order valence-corrected chi connectivity index (χ1v) is 11.8. The summed E-state index contributed by atoms with van der Waals surface area (Å²) in [7, 11) is 0.0806. The normalized spacial score (nSPS) is 16.6. The van der Waals surface area contributed by atoms with Gasteiger partial charge < -0.3 is 25.8 Å². The van der Waals surface area contributed by atoms with Crippen LogP contribution >= 0.6 is 0 Å². The molecule has 2 atom stereocenters. The average molecular weight is 482 g/mol. The minimum Gasteiger partial charge on any atom is -0.494 e. The van der Waals surface area contributed by atoms with Gasteiger partial charge in [0.15, 0.2) is 0 Å². The Hall–Kier alpha value is -3.95. The highest BCUT2D eigenvalue weighted by Gasteiger charge is 2.35. The molecule has 1 aliphatic rings. The molecule has 4 aromatic rings. The molecule has 0 spiro atoms. The molecule has 0 radical (unpaired) electrons. The number of primary amides is 1. The van der Waals surface area contributed by atoms with Crippen LogP contribution in [0.15, 0.2) is 60.7 Å². The summed E-state index contributed by atoms with van der Waals surface area (Å²) in [5.41, 5.74) is 10.2. The number of rotatable bonds is 7. The molecule has 5 N–H and O–H groups in total. The number of nitrogens with two attached hydrogens (primary N) is 1. The fourth-order valence-electron chi connectivity index (χ4n) is 5.13. The number of carbonyl (C=O) groups excluding carboxylic acids is 1. The van der Waals surface area contributed by atoms with Crippen molar-refractivity contribution in [1.82, 2.24) is 9.97 Å². The van der Waals surface area contributed by atoms with Crippen LogP contribution in [0.1, 0.15) is 45.7 Å². The van der Waals surface area contributed by atoms with E-state index in [0.29, 0.717) is 46.9 Å². The van der Waals surface area contributed by atoms with Crippen molar-refractivity contribution >= 4 is 35.2 Å². The monoisotopic (exact) mass is 482 g/mol. The molecular weight excluding hydrogens is 455 g/mol. The van der Waals surface area contributed by atoms with Crippen molar-refractivity contribution in [2.24, 2.45) is 11.7 Å². The summed E-state index contributed by atoms with van der Waals surface area (Å²) >= 11 is 0. The van der Waals surface area contributed by atoms with Gasteiger partial charge in [-0.25, -0.2) is 9.97 Å². The molecule has 0 saturated heterocycles. The number of benzene rings is 3. The highest BCUT2D eigenvalue weighted by atomic mass is 16.5. The van der Waals surface area contributed by atoms with Crippen LogP contribution in [-0.2, 0) is 13.0 Å². The molecule has 1 amide bonds. The second-order valence-electron chi connectivity index (χ2n) is 9.16. The number of para-hydroxylation sites is 1. The van der Waals surface area contributed by atoms with Crippen LogP contribution in [0.2, 0.25) is 0 Å². The lowest BCUT2D eigenvalue weighted by atomic mass is 9.80. The summed E-state index contributed by atoms with van der Waals surface area (Å²) in [6.07, 6.45) is 0.714. The third kappa shape index (κ3) is 4.27. The number of ether oxygens (including phenoxy) is 1. The number of hydrogen-bond acceptors (Lipinski definition) is 7. The highest BCUT2D eigenvalue weighted by Crippen LogP contribution is 2.43. The molecule has 5 rings (SSSR count). The van der Waals surface area contributed by atoms with Gasteiger partial charge in [-0.15, -0.1) is 0 Å². The number of aromatic nitrogens is 2. The quantitative estimate of drug-likeness (QED) is 0.298. The van der Waals surface area contributed by atoms with Crippen molar-refractivity contribution in [2.75, 3.05) is 12.4 Å². The maximum absolute atomic E-state index is 12.0. The van der Waals surface area contributed by atoms with Crippen LogP contribution in [0.3, 0.4) is 0 Å². The smallest absolute Gasteiger partial charge is 0.488 e. The Labute approximate surface area is 209 Å². The van der Waals surface area contributed by atoms with Crippen molar-refractivity contribution in [3.05, 3.63) is 88.7 Å². The molecule has 1 aliphatic carbocycles. The molecular formula is C27H27BN4O4. The summed E-state index contributed by atoms with van der Waals surface area (Å²) in [5.74, 6) is 1.56. The predicted molar refractivity (Wildman–Crippen MR) is 139 cm³/mol. The van der Waals surface area contributed by atoms with Gasteiger partial charge in [0.1, 0.15) is 22.9 Å². The molecule has 1 aromatic heterocycles. The Bertz CT molecular complexity index is 1460. The molecule has 0 fully saturated rings.